The molecule has 1 saturated carbocycles. The Morgan fingerprint density at radius 3 is 2.82 bits per heavy atom. The molecule has 1 aromatic heterocycles. The van der Waals surface area contributed by atoms with E-state index >= 15 is 0 Å². The van der Waals surface area contributed by atoms with E-state index < -0.39 is 0 Å². The molecule has 148 valence electrons. The highest BCUT2D eigenvalue weighted by Crippen LogP contribution is 2.42. The van der Waals surface area contributed by atoms with E-state index in [1.54, 1.807) is 6.07 Å². The van der Waals surface area contributed by atoms with Gasteiger partial charge in [-0.3, -0.25) is 9.59 Å². The van der Waals surface area contributed by atoms with Gasteiger partial charge in [-0.25, -0.2) is 4.39 Å². The number of likely N-dealkylation sites (tertiary alicyclic amines) is 2. The van der Waals surface area contributed by atoms with Gasteiger partial charge in [-0.1, -0.05) is 12.1 Å². The van der Waals surface area contributed by atoms with Crippen molar-refractivity contribution >= 4 is 22.7 Å². The van der Waals surface area contributed by atoms with Crippen molar-refractivity contribution in [3.63, 3.8) is 0 Å². The van der Waals surface area contributed by atoms with E-state index in [-0.39, 0.29) is 23.0 Å². The summed E-state index contributed by atoms with van der Waals surface area (Å²) in [5, 5.41) is 0.762. The number of aromatic nitrogens is 1. The topological polar surface area (TPSA) is 56.4 Å². The average Bonchev–Trinajstić information content (AvgIpc) is 3.48. The molecule has 1 N–H and O–H groups in total. The van der Waals surface area contributed by atoms with Gasteiger partial charge in [0.25, 0.3) is 5.91 Å². The summed E-state index contributed by atoms with van der Waals surface area (Å²) in [5.74, 6) is -0.110. The minimum Gasteiger partial charge on any atom is -0.348 e. The Hall–Kier alpha value is -2.37. The monoisotopic (exact) mass is 383 g/mol. The molecule has 3 aliphatic rings. The van der Waals surface area contributed by atoms with Crippen molar-refractivity contribution in [1.29, 1.82) is 0 Å². The lowest BCUT2D eigenvalue weighted by Gasteiger charge is -2.48. The van der Waals surface area contributed by atoms with Crippen molar-refractivity contribution < 1.29 is 14.0 Å². The molecule has 1 aromatic carbocycles. The fraction of sp³-hybridized carbons (Fsp3) is 0.545. The molecule has 2 aromatic rings. The fourth-order valence-corrected chi connectivity index (χ4v) is 5.17. The van der Waals surface area contributed by atoms with Crippen molar-refractivity contribution in [1.82, 2.24) is 14.8 Å². The van der Waals surface area contributed by atoms with Gasteiger partial charge in [0.15, 0.2) is 0 Å². The van der Waals surface area contributed by atoms with Crippen LogP contribution in [0.25, 0.3) is 10.9 Å². The number of carbonyl (C=O) groups excluding carboxylic acids is 2. The lowest BCUT2D eigenvalue weighted by molar-refractivity contribution is -0.139. The number of nitrogens with zero attached hydrogens (tertiary/aromatic N) is 2. The first-order valence-corrected chi connectivity index (χ1v) is 10.3. The normalized spacial score (nSPS) is 25.7. The first kappa shape index (κ1) is 17.7. The van der Waals surface area contributed by atoms with Crippen LogP contribution in [0.5, 0.6) is 0 Å². The number of carbonyl (C=O) groups is 2. The van der Waals surface area contributed by atoms with Gasteiger partial charge in [-0.2, -0.15) is 0 Å². The molecule has 5 rings (SSSR count). The minimum atomic E-state index is -0.333. The van der Waals surface area contributed by atoms with Gasteiger partial charge in [0.05, 0.1) is 5.52 Å². The quantitative estimate of drug-likeness (QED) is 0.861. The number of para-hydroxylation sites is 1. The van der Waals surface area contributed by atoms with Gasteiger partial charge < -0.3 is 14.8 Å². The Kier molecular flexibility index (Phi) is 4.00. The summed E-state index contributed by atoms with van der Waals surface area (Å²) in [6.07, 6.45) is 5.70. The number of H-pyrrole nitrogens is 1. The summed E-state index contributed by atoms with van der Waals surface area (Å²) in [4.78, 5) is 32.7. The Labute approximate surface area is 163 Å². The number of hydrogen-bond acceptors (Lipinski definition) is 2. The highest BCUT2D eigenvalue weighted by Gasteiger charge is 2.46. The highest BCUT2D eigenvalue weighted by molar-refractivity contribution is 6.01. The Morgan fingerprint density at radius 1 is 1.25 bits per heavy atom. The van der Waals surface area contributed by atoms with E-state index in [2.05, 4.69) is 9.88 Å². The maximum Gasteiger partial charge on any atom is 0.270 e. The smallest absolute Gasteiger partial charge is 0.270 e. The molecule has 3 heterocycles. The number of fused-ring (bicyclic) bond motifs is 1. The minimum absolute atomic E-state index is 0.00950. The molecule has 28 heavy (non-hydrogen) atoms. The van der Waals surface area contributed by atoms with Crippen LogP contribution in [-0.2, 0) is 4.79 Å². The van der Waals surface area contributed by atoms with Crippen LogP contribution in [-0.4, -0.2) is 52.3 Å². The zero-order valence-electron chi connectivity index (χ0n) is 16.3. The molecule has 3 fully saturated rings. The summed E-state index contributed by atoms with van der Waals surface area (Å²) in [7, 11) is 0. The SMILES string of the molecule is Cc1c(C(=O)N2CCC[C@]3(CCC(=O)N(C4CC4)C3)C2)[nH]c2c(F)cccc12. The Bertz CT molecular complexity index is 964. The van der Waals surface area contributed by atoms with Crippen LogP contribution in [0.2, 0.25) is 0 Å². The van der Waals surface area contributed by atoms with Crippen LogP contribution in [0, 0.1) is 18.2 Å². The van der Waals surface area contributed by atoms with E-state index in [1.807, 2.05) is 17.9 Å². The van der Waals surface area contributed by atoms with E-state index in [0.29, 0.717) is 30.2 Å². The first-order valence-electron chi connectivity index (χ1n) is 10.3. The summed E-state index contributed by atoms with van der Waals surface area (Å²) in [6.45, 7) is 4.05. The maximum atomic E-state index is 14.1. The summed E-state index contributed by atoms with van der Waals surface area (Å²) in [5.41, 5.74) is 1.70. The van der Waals surface area contributed by atoms with Gasteiger partial charge in [-0.05, 0) is 50.7 Å². The van der Waals surface area contributed by atoms with Crippen molar-refractivity contribution in [2.24, 2.45) is 5.41 Å². The van der Waals surface area contributed by atoms with Crippen LogP contribution < -0.4 is 0 Å². The number of amides is 2. The van der Waals surface area contributed by atoms with Gasteiger partial charge in [-0.15, -0.1) is 0 Å². The molecule has 0 unspecified atom stereocenters. The third-order valence-corrected chi connectivity index (χ3v) is 6.89. The molecule has 2 amide bonds. The molecule has 0 bridgehead atoms. The molecular formula is C22H26FN3O2. The Morgan fingerprint density at radius 2 is 2.07 bits per heavy atom. The molecule has 2 saturated heterocycles. The number of halogens is 1. The molecule has 2 aliphatic heterocycles. The molecule has 1 aliphatic carbocycles. The predicted octanol–water partition coefficient (Wildman–Crippen LogP) is 3.62. The third kappa shape index (κ3) is 2.81. The second-order valence-electron chi connectivity index (χ2n) is 8.87. The largest absolute Gasteiger partial charge is 0.348 e. The lowest BCUT2D eigenvalue weighted by Crippen LogP contribution is -2.55. The summed E-state index contributed by atoms with van der Waals surface area (Å²) < 4.78 is 14.1. The third-order valence-electron chi connectivity index (χ3n) is 6.89. The molecule has 1 atom stereocenters. The van der Waals surface area contributed by atoms with Crippen molar-refractivity contribution in [3.05, 3.63) is 35.3 Å². The summed E-state index contributed by atoms with van der Waals surface area (Å²) >= 11 is 0. The van der Waals surface area contributed by atoms with E-state index in [4.69, 9.17) is 0 Å². The second-order valence-corrected chi connectivity index (χ2v) is 8.87. The van der Waals surface area contributed by atoms with Crippen LogP contribution in [0.1, 0.15) is 54.6 Å². The number of nitrogens with one attached hydrogen (secondary N) is 1. The van der Waals surface area contributed by atoms with Gasteiger partial charge in [0, 0.05) is 42.9 Å². The van der Waals surface area contributed by atoms with Gasteiger partial charge in [0.1, 0.15) is 11.5 Å². The number of rotatable bonds is 2. The van der Waals surface area contributed by atoms with Crippen LogP contribution in [0.3, 0.4) is 0 Å². The first-order chi connectivity index (χ1) is 13.5. The second kappa shape index (κ2) is 6.33. The standard InChI is InChI=1S/C22H26FN3O2/c1-14-16-4-2-5-17(23)20(16)24-19(14)21(28)25-11-3-9-22(12-25)10-8-18(27)26(13-22)15-6-7-15/h2,4-5,15,24H,3,6-13H2,1H3/t22-/m0/s1. The highest BCUT2D eigenvalue weighted by atomic mass is 19.1. The van der Waals surface area contributed by atoms with Crippen LogP contribution >= 0.6 is 0 Å². The number of aromatic amines is 1. The van der Waals surface area contributed by atoms with Gasteiger partial charge >= 0.3 is 0 Å². The average molecular weight is 383 g/mol. The number of piperidine rings is 2. The van der Waals surface area contributed by atoms with Crippen LogP contribution in [0.4, 0.5) is 4.39 Å². The van der Waals surface area contributed by atoms with E-state index in [9.17, 15) is 14.0 Å². The summed E-state index contributed by atoms with van der Waals surface area (Å²) in [6, 6.07) is 5.36. The van der Waals surface area contributed by atoms with Gasteiger partial charge in [0.2, 0.25) is 5.91 Å². The molecule has 1 spiro atoms. The van der Waals surface area contributed by atoms with Crippen LogP contribution in [0.15, 0.2) is 18.2 Å². The number of benzene rings is 1. The zero-order chi connectivity index (χ0) is 19.5. The molecule has 0 radical (unpaired) electrons. The number of aryl methyl sites for hydroxylation is 1. The molecule has 6 heteroatoms. The van der Waals surface area contributed by atoms with Crippen molar-refractivity contribution in [3.8, 4) is 0 Å². The van der Waals surface area contributed by atoms with Crippen molar-refractivity contribution in [2.75, 3.05) is 19.6 Å². The molecule has 5 nitrogen and oxygen atoms in total. The number of hydrogen-bond donors (Lipinski definition) is 1. The fourth-order valence-electron chi connectivity index (χ4n) is 5.17. The lowest BCUT2D eigenvalue weighted by atomic mass is 9.73. The zero-order valence-corrected chi connectivity index (χ0v) is 16.3. The van der Waals surface area contributed by atoms with Crippen molar-refractivity contribution in [2.45, 2.75) is 51.5 Å². The maximum absolute atomic E-state index is 14.1. The predicted molar refractivity (Wildman–Crippen MR) is 105 cm³/mol. The Balaban J connectivity index is 1.41. The molecular weight excluding hydrogens is 357 g/mol. The van der Waals surface area contributed by atoms with E-state index in [1.165, 1.54) is 6.07 Å². The van der Waals surface area contributed by atoms with E-state index in [0.717, 1.165) is 56.1 Å².